The number of rotatable bonds is 2. The first-order chi connectivity index (χ1) is 13.5. The monoisotopic (exact) mass is 378 g/mol. The van der Waals surface area contributed by atoms with Crippen molar-refractivity contribution in [3.05, 3.63) is 65.2 Å². The zero-order chi connectivity index (χ0) is 19.8. The van der Waals surface area contributed by atoms with E-state index in [-0.39, 0.29) is 41.2 Å². The summed E-state index contributed by atoms with van der Waals surface area (Å²) in [7, 11) is 0. The number of carbonyl (C=O) groups is 2. The molecular weight excluding hydrogens is 359 g/mol. The van der Waals surface area contributed by atoms with Gasteiger partial charge in [0.2, 0.25) is 5.91 Å². The first kappa shape index (κ1) is 18.1. The normalized spacial score (nSPS) is 23.4. The molecule has 2 amide bonds. The van der Waals surface area contributed by atoms with Crippen molar-refractivity contribution in [1.29, 1.82) is 5.26 Å². The molecule has 1 aromatic carbocycles. The summed E-state index contributed by atoms with van der Waals surface area (Å²) in [5.74, 6) is -0.316. The number of halogens is 1. The fraction of sp³-hybridized carbons (Fsp3) is 0.333. The third kappa shape index (κ3) is 3.11. The van der Waals surface area contributed by atoms with E-state index in [4.69, 9.17) is 5.26 Å². The molecule has 2 fully saturated rings. The molecule has 6 nitrogen and oxygen atoms in total. The summed E-state index contributed by atoms with van der Waals surface area (Å²) in [6.07, 6.45) is 1.42. The van der Waals surface area contributed by atoms with Crippen LogP contribution < -0.4 is 0 Å². The molecule has 0 radical (unpaired) electrons. The minimum absolute atomic E-state index is 0.0437. The van der Waals surface area contributed by atoms with Gasteiger partial charge in [0.25, 0.3) is 5.91 Å². The van der Waals surface area contributed by atoms with Gasteiger partial charge in [-0.1, -0.05) is 12.1 Å². The molecule has 2 aliphatic rings. The minimum atomic E-state index is -0.334. The zero-order valence-electron chi connectivity index (χ0n) is 15.4. The van der Waals surface area contributed by atoms with Crippen LogP contribution >= 0.6 is 0 Å². The minimum Gasteiger partial charge on any atom is -0.338 e. The first-order valence-corrected chi connectivity index (χ1v) is 9.16. The Balaban J connectivity index is 1.58. The molecule has 0 spiro atoms. The SMILES string of the molecule is CC(=O)N1C[C@H]2CN(C(=O)c3ccc(C#N)nc3)C[C@H]2[C@@H]1c1cccc(F)c1. The lowest BCUT2D eigenvalue weighted by Gasteiger charge is -2.29. The van der Waals surface area contributed by atoms with Crippen LogP contribution in [0.3, 0.4) is 0 Å². The van der Waals surface area contributed by atoms with Gasteiger partial charge in [0.1, 0.15) is 17.6 Å². The summed E-state index contributed by atoms with van der Waals surface area (Å²) in [5.41, 5.74) is 1.46. The number of fused-ring (bicyclic) bond motifs is 1. The average Bonchev–Trinajstić information content (AvgIpc) is 3.25. The van der Waals surface area contributed by atoms with Crippen molar-refractivity contribution < 1.29 is 14.0 Å². The number of likely N-dealkylation sites (tertiary alicyclic amines) is 2. The molecule has 4 rings (SSSR count). The van der Waals surface area contributed by atoms with Crippen LogP contribution in [0, 0.1) is 29.0 Å². The summed E-state index contributed by atoms with van der Waals surface area (Å²) in [4.78, 5) is 32.5. The van der Waals surface area contributed by atoms with Gasteiger partial charge in [-0.3, -0.25) is 9.59 Å². The number of aromatic nitrogens is 1. The predicted molar refractivity (Wildman–Crippen MR) is 98.4 cm³/mol. The summed E-state index contributed by atoms with van der Waals surface area (Å²) in [5, 5.41) is 8.85. The van der Waals surface area contributed by atoms with Crippen molar-refractivity contribution in [3.8, 4) is 6.07 Å². The Kier molecular flexibility index (Phi) is 4.55. The van der Waals surface area contributed by atoms with Gasteiger partial charge in [0, 0.05) is 44.6 Å². The molecular formula is C21H19FN4O2. The van der Waals surface area contributed by atoms with Crippen LogP contribution in [0.15, 0.2) is 42.6 Å². The Bertz CT molecular complexity index is 969. The highest BCUT2D eigenvalue weighted by molar-refractivity contribution is 5.94. The second kappa shape index (κ2) is 7.04. The maximum Gasteiger partial charge on any atom is 0.255 e. The molecule has 0 bridgehead atoms. The van der Waals surface area contributed by atoms with Gasteiger partial charge in [0.05, 0.1) is 11.6 Å². The van der Waals surface area contributed by atoms with Crippen LogP contribution in [-0.4, -0.2) is 46.2 Å². The third-order valence-corrected chi connectivity index (χ3v) is 5.67. The Labute approximate surface area is 162 Å². The summed E-state index contributed by atoms with van der Waals surface area (Å²) >= 11 is 0. The van der Waals surface area contributed by atoms with Crippen LogP contribution in [0.4, 0.5) is 4.39 Å². The molecule has 3 atom stereocenters. The van der Waals surface area contributed by atoms with Crippen molar-refractivity contribution >= 4 is 11.8 Å². The molecule has 2 aromatic rings. The van der Waals surface area contributed by atoms with Gasteiger partial charge in [-0.2, -0.15) is 5.26 Å². The highest BCUT2D eigenvalue weighted by Gasteiger charge is 2.49. The molecule has 142 valence electrons. The maximum absolute atomic E-state index is 13.8. The van der Waals surface area contributed by atoms with Crippen LogP contribution in [0.5, 0.6) is 0 Å². The molecule has 0 aliphatic carbocycles. The fourth-order valence-electron chi connectivity index (χ4n) is 4.42. The van der Waals surface area contributed by atoms with Gasteiger partial charge >= 0.3 is 0 Å². The number of nitriles is 1. The number of hydrogen-bond acceptors (Lipinski definition) is 4. The Hall–Kier alpha value is -3.27. The summed E-state index contributed by atoms with van der Waals surface area (Å²) in [6.45, 7) is 3.11. The average molecular weight is 378 g/mol. The van der Waals surface area contributed by atoms with Crippen molar-refractivity contribution in [2.75, 3.05) is 19.6 Å². The van der Waals surface area contributed by atoms with Crippen LogP contribution in [-0.2, 0) is 4.79 Å². The molecule has 2 aliphatic heterocycles. The Morgan fingerprint density at radius 3 is 2.68 bits per heavy atom. The summed E-state index contributed by atoms with van der Waals surface area (Å²) < 4.78 is 13.8. The molecule has 7 heteroatoms. The van der Waals surface area contributed by atoms with Gasteiger partial charge in [-0.25, -0.2) is 9.37 Å². The highest BCUT2D eigenvalue weighted by atomic mass is 19.1. The second-order valence-corrected chi connectivity index (χ2v) is 7.35. The van der Waals surface area contributed by atoms with Crippen molar-refractivity contribution in [2.24, 2.45) is 11.8 Å². The lowest BCUT2D eigenvalue weighted by molar-refractivity contribution is -0.130. The van der Waals surface area contributed by atoms with E-state index in [1.165, 1.54) is 31.3 Å². The quantitative estimate of drug-likeness (QED) is 0.804. The second-order valence-electron chi connectivity index (χ2n) is 7.35. The lowest BCUT2D eigenvalue weighted by atomic mass is 9.89. The van der Waals surface area contributed by atoms with Gasteiger partial charge in [-0.05, 0) is 29.8 Å². The van der Waals surface area contributed by atoms with Crippen LogP contribution in [0.2, 0.25) is 0 Å². The number of amides is 2. The molecule has 3 heterocycles. The standard InChI is InChI=1S/C21H19FN4O2/c1-13(27)26-11-16-10-25(21(28)15-5-6-18(8-23)24-9-15)12-19(16)20(26)14-3-2-4-17(22)7-14/h2-7,9,16,19-20H,10-12H2,1H3/t16-,19-,20+/m1/s1. The highest BCUT2D eigenvalue weighted by Crippen LogP contribution is 2.45. The smallest absolute Gasteiger partial charge is 0.255 e. The number of hydrogen-bond donors (Lipinski definition) is 0. The topological polar surface area (TPSA) is 77.3 Å². The molecule has 0 unspecified atom stereocenters. The third-order valence-electron chi connectivity index (χ3n) is 5.67. The van der Waals surface area contributed by atoms with Crippen LogP contribution in [0.25, 0.3) is 0 Å². The van der Waals surface area contributed by atoms with Crippen LogP contribution in [0.1, 0.15) is 34.6 Å². The number of benzene rings is 1. The number of carbonyl (C=O) groups excluding carboxylic acids is 2. The van der Waals surface area contributed by atoms with E-state index < -0.39 is 0 Å². The van der Waals surface area contributed by atoms with E-state index in [9.17, 15) is 14.0 Å². The van der Waals surface area contributed by atoms with E-state index >= 15 is 0 Å². The largest absolute Gasteiger partial charge is 0.338 e. The fourth-order valence-corrected chi connectivity index (χ4v) is 4.42. The Morgan fingerprint density at radius 2 is 2.04 bits per heavy atom. The summed E-state index contributed by atoms with van der Waals surface area (Å²) in [6, 6.07) is 11.2. The number of pyridine rings is 1. The first-order valence-electron chi connectivity index (χ1n) is 9.16. The van der Waals surface area contributed by atoms with Gasteiger partial charge in [-0.15, -0.1) is 0 Å². The number of nitrogens with zero attached hydrogens (tertiary/aromatic N) is 4. The van der Waals surface area contributed by atoms with E-state index in [2.05, 4.69) is 4.98 Å². The molecule has 28 heavy (non-hydrogen) atoms. The van der Waals surface area contributed by atoms with Crippen molar-refractivity contribution in [1.82, 2.24) is 14.8 Å². The molecule has 0 N–H and O–H groups in total. The van der Waals surface area contributed by atoms with Gasteiger partial charge < -0.3 is 9.80 Å². The van der Waals surface area contributed by atoms with E-state index in [1.54, 1.807) is 21.9 Å². The lowest BCUT2D eigenvalue weighted by Crippen LogP contribution is -2.36. The van der Waals surface area contributed by atoms with E-state index in [1.807, 2.05) is 12.1 Å². The van der Waals surface area contributed by atoms with E-state index in [0.29, 0.717) is 25.2 Å². The van der Waals surface area contributed by atoms with Crippen molar-refractivity contribution in [3.63, 3.8) is 0 Å². The van der Waals surface area contributed by atoms with Gasteiger partial charge in [0.15, 0.2) is 0 Å². The molecule has 2 saturated heterocycles. The van der Waals surface area contributed by atoms with E-state index in [0.717, 1.165) is 5.56 Å². The maximum atomic E-state index is 13.8. The predicted octanol–water partition coefficient (Wildman–Crippen LogP) is 2.38. The molecule has 0 saturated carbocycles. The molecule has 1 aromatic heterocycles. The Morgan fingerprint density at radius 1 is 1.21 bits per heavy atom. The van der Waals surface area contributed by atoms with Crippen molar-refractivity contribution in [2.45, 2.75) is 13.0 Å². The zero-order valence-corrected chi connectivity index (χ0v) is 15.4.